The van der Waals surface area contributed by atoms with Crippen LogP contribution in [0.15, 0.2) is 35.2 Å². The van der Waals surface area contributed by atoms with Gasteiger partial charge in [0.15, 0.2) is 0 Å². The molecule has 0 saturated heterocycles. The Morgan fingerprint density at radius 1 is 1.09 bits per heavy atom. The highest BCUT2D eigenvalue weighted by molar-refractivity contribution is 7.99. The van der Waals surface area contributed by atoms with Crippen LogP contribution in [0.5, 0.6) is 0 Å². The van der Waals surface area contributed by atoms with Crippen molar-refractivity contribution >= 4 is 24.4 Å². The van der Waals surface area contributed by atoms with Crippen LogP contribution in [0.3, 0.4) is 0 Å². The summed E-state index contributed by atoms with van der Waals surface area (Å²) < 4.78 is 0. The number of benzene rings is 1. The van der Waals surface area contributed by atoms with E-state index in [4.69, 9.17) is 0 Å². The van der Waals surface area contributed by atoms with E-state index in [9.17, 15) is 0 Å². The normalized spacial score (nSPS) is 14.5. The Balaban J connectivity index is 2.36. The summed E-state index contributed by atoms with van der Waals surface area (Å²) in [4.78, 5) is 3.79. The average molecular weight is 341 g/mol. The summed E-state index contributed by atoms with van der Waals surface area (Å²) in [6.45, 7) is 9.01. The van der Waals surface area contributed by atoms with Gasteiger partial charge in [-0.25, -0.2) is 0 Å². The summed E-state index contributed by atoms with van der Waals surface area (Å²) in [5, 5.41) is 3.83. The van der Waals surface area contributed by atoms with Gasteiger partial charge in [-0.3, -0.25) is 0 Å². The molecule has 0 spiro atoms. The van der Waals surface area contributed by atoms with E-state index in [-0.39, 0.29) is 5.37 Å². The summed E-state index contributed by atoms with van der Waals surface area (Å²) in [7, 11) is 2.23. The van der Waals surface area contributed by atoms with Crippen molar-refractivity contribution < 1.29 is 0 Å². The molecule has 0 radical (unpaired) electrons. The van der Waals surface area contributed by atoms with E-state index in [1.165, 1.54) is 24.3 Å². The fraction of sp³-hybridized carbons (Fsp3) is 0.667. The Morgan fingerprint density at radius 3 is 2.32 bits per heavy atom. The Morgan fingerprint density at radius 2 is 1.73 bits per heavy atom. The first-order valence-corrected chi connectivity index (χ1v) is 9.78. The van der Waals surface area contributed by atoms with E-state index in [0.29, 0.717) is 6.04 Å². The molecule has 22 heavy (non-hydrogen) atoms. The van der Waals surface area contributed by atoms with Crippen LogP contribution in [0.1, 0.15) is 33.6 Å². The maximum Gasteiger partial charge on any atom is 0.0476 e. The summed E-state index contributed by atoms with van der Waals surface area (Å²) in [5.74, 6) is 1.87. The van der Waals surface area contributed by atoms with Crippen LogP contribution in [0.4, 0.5) is 0 Å². The minimum Gasteiger partial charge on any atom is -0.306 e. The van der Waals surface area contributed by atoms with E-state index >= 15 is 0 Å². The molecular weight excluding hydrogens is 308 g/mol. The molecule has 126 valence electrons. The van der Waals surface area contributed by atoms with Gasteiger partial charge in [-0.1, -0.05) is 32.0 Å². The SMILES string of the molecule is CC(C)CCN(C)CCC(CSc1ccccc1)NC(C)S. The number of hydrogen-bond acceptors (Lipinski definition) is 4. The summed E-state index contributed by atoms with van der Waals surface area (Å²) in [6, 6.07) is 11.1. The molecule has 1 aromatic rings. The molecule has 2 unspecified atom stereocenters. The molecule has 0 aliphatic rings. The predicted octanol–water partition coefficient (Wildman–Crippen LogP) is 4.38. The molecule has 1 N–H and O–H groups in total. The van der Waals surface area contributed by atoms with Gasteiger partial charge < -0.3 is 10.2 Å². The second kappa shape index (κ2) is 11.4. The lowest BCUT2D eigenvalue weighted by Gasteiger charge is -2.24. The van der Waals surface area contributed by atoms with Crippen molar-refractivity contribution in [2.45, 2.75) is 49.9 Å². The molecule has 0 fully saturated rings. The number of hydrogen-bond donors (Lipinski definition) is 2. The molecule has 0 aliphatic carbocycles. The van der Waals surface area contributed by atoms with Crippen molar-refractivity contribution in [2.24, 2.45) is 5.92 Å². The van der Waals surface area contributed by atoms with Gasteiger partial charge in [0, 0.05) is 22.1 Å². The molecular formula is C18H32N2S2. The number of thiol groups is 1. The van der Waals surface area contributed by atoms with Gasteiger partial charge in [0.05, 0.1) is 0 Å². The lowest BCUT2D eigenvalue weighted by molar-refractivity contribution is 0.293. The Kier molecular flexibility index (Phi) is 10.3. The van der Waals surface area contributed by atoms with Crippen molar-refractivity contribution in [1.82, 2.24) is 10.2 Å². The standard InChI is InChI=1S/C18H32N2S2/c1-15(2)10-12-20(4)13-11-17(19-16(3)21)14-22-18-8-6-5-7-9-18/h5-9,15-17,19,21H,10-14H2,1-4H3. The summed E-state index contributed by atoms with van der Waals surface area (Å²) in [5.41, 5.74) is 0. The zero-order valence-corrected chi connectivity index (χ0v) is 16.2. The molecule has 0 heterocycles. The van der Waals surface area contributed by atoms with Crippen molar-refractivity contribution in [3.05, 3.63) is 30.3 Å². The van der Waals surface area contributed by atoms with E-state index in [0.717, 1.165) is 18.2 Å². The van der Waals surface area contributed by atoms with Crippen molar-refractivity contribution in [3.63, 3.8) is 0 Å². The molecule has 0 bridgehead atoms. The highest BCUT2D eigenvalue weighted by atomic mass is 32.2. The lowest BCUT2D eigenvalue weighted by atomic mass is 10.1. The third-order valence-corrected chi connectivity index (χ3v) is 4.94. The molecule has 0 saturated carbocycles. The Labute approximate surface area is 146 Å². The molecule has 4 heteroatoms. The fourth-order valence-electron chi connectivity index (χ4n) is 2.24. The topological polar surface area (TPSA) is 15.3 Å². The van der Waals surface area contributed by atoms with Gasteiger partial charge in [0.1, 0.15) is 0 Å². The minimum atomic E-state index is 0.238. The Bertz CT molecular complexity index is 382. The van der Waals surface area contributed by atoms with Gasteiger partial charge in [0.2, 0.25) is 0 Å². The van der Waals surface area contributed by atoms with Crippen LogP contribution < -0.4 is 5.32 Å². The maximum atomic E-state index is 4.50. The van der Waals surface area contributed by atoms with Crippen LogP contribution >= 0.6 is 24.4 Å². The lowest BCUT2D eigenvalue weighted by Crippen LogP contribution is -2.38. The first-order chi connectivity index (χ1) is 10.5. The maximum absolute atomic E-state index is 4.50. The molecule has 0 amide bonds. The zero-order chi connectivity index (χ0) is 16.4. The third-order valence-electron chi connectivity index (χ3n) is 3.62. The minimum absolute atomic E-state index is 0.238. The van der Waals surface area contributed by atoms with E-state index in [2.05, 4.69) is 81.0 Å². The summed E-state index contributed by atoms with van der Waals surface area (Å²) >= 11 is 6.42. The molecule has 0 aliphatic heterocycles. The second-order valence-electron chi connectivity index (χ2n) is 6.44. The number of rotatable bonds is 11. The van der Waals surface area contributed by atoms with E-state index in [1.54, 1.807) is 0 Å². The van der Waals surface area contributed by atoms with Gasteiger partial charge in [-0.05, 0) is 58.0 Å². The van der Waals surface area contributed by atoms with Crippen molar-refractivity contribution in [2.75, 3.05) is 25.9 Å². The predicted molar refractivity (Wildman–Crippen MR) is 104 cm³/mol. The molecule has 1 rings (SSSR count). The number of nitrogens with one attached hydrogen (secondary N) is 1. The van der Waals surface area contributed by atoms with E-state index < -0.39 is 0 Å². The van der Waals surface area contributed by atoms with Gasteiger partial charge >= 0.3 is 0 Å². The molecule has 0 aromatic heterocycles. The van der Waals surface area contributed by atoms with Crippen molar-refractivity contribution in [1.29, 1.82) is 0 Å². The van der Waals surface area contributed by atoms with Crippen LogP contribution in [0.2, 0.25) is 0 Å². The highest BCUT2D eigenvalue weighted by Gasteiger charge is 2.12. The molecule has 2 atom stereocenters. The first-order valence-electron chi connectivity index (χ1n) is 8.28. The largest absolute Gasteiger partial charge is 0.306 e. The van der Waals surface area contributed by atoms with Gasteiger partial charge in [-0.2, -0.15) is 12.6 Å². The fourth-order valence-corrected chi connectivity index (χ4v) is 3.45. The van der Waals surface area contributed by atoms with Crippen LogP contribution in [-0.2, 0) is 0 Å². The molecule has 1 aromatic carbocycles. The Hall–Kier alpha value is -0.160. The smallest absolute Gasteiger partial charge is 0.0476 e. The number of nitrogens with zero attached hydrogens (tertiary/aromatic N) is 1. The van der Waals surface area contributed by atoms with Gasteiger partial charge in [0.25, 0.3) is 0 Å². The monoisotopic (exact) mass is 340 g/mol. The first kappa shape index (κ1) is 19.9. The second-order valence-corrected chi connectivity index (χ2v) is 8.31. The van der Waals surface area contributed by atoms with Crippen LogP contribution in [0, 0.1) is 5.92 Å². The third kappa shape index (κ3) is 9.78. The zero-order valence-electron chi connectivity index (χ0n) is 14.5. The highest BCUT2D eigenvalue weighted by Crippen LogP contribution is 2.19. The quantitative estimate of drug-likeness (QED) is 0.353. The summed E-state index contributed by atoms with van der Waals surface area (Å²) in [6.07, 6.45) is 2.44. The van der Waals surface area contributed by atoms with E-state index in [1.807, 2.05) is 11.8 Å². The number of thioether (sulfide) groups is 1. The van der Waals surface area contributed by atoms with Gasteiger partial charge in [-0.15, -0.1) is 11.8 Å². The molecule has 2 nitrogen and oxygen atoms in total. The van der Waals surface area contributed by atoms with Crippen LogP contribution in [-0.4, -0.2) is 42.2 Å². The van der Waals surface area contributed by atoms with Crippen molar-refractivity contribution in [3.8, 4) is 0 Å². The average Bonchev–Trinajstić information content (AvgIpc) is 2.48. The van der Waals surface area contributed by atoms with Crippen LogP contribution in [0.25, 0.3) is 0 Å².